The maximum Gasteiger partial charge on any atom is 0.254 e. The minimum absolute atomic E-state index is 0.160. The summed E-state index contributed by atoms with van der Waals surface area (Å²) in [5, 5.41) is 3.76. The van der Waals surface area contributed by atoms with Crippen molar-refractivity contribution in [3.63, 3.8) is 0 Å². The molecule has 9 nitrogen and oxygen atoms in total. The zero-order chi connectivity index (χ0) is 28.0. The van der Waals surface area contributed by atoms with Gasteiger partial charge in [-0.25, -0.2) is 9.97 Å². The smallest absolute Gasteiger partial charge is 0.254 e. The number of rotatable bonds is 9. The Balaban J connectivity index is 1.16. The van der Waals surface area contributed by atoms with Gasteiger partial charge in [0.1, 0.15) is 12.0 Å². The predicted octanol–water partition coefficient (Wildman–Crippen LogP) is 4.37. The maximum absolute atomic E-state index is 13.6. The second-order valence-corrected chi connectivity index (χ2v) is 12.7. The largest absolute Gasteiger partial charge is 0.372 e. The van der Waals surface area contributed by atoms with E-state index < -0.39 is 0 Å². The molecule has 1 amide bonds. The van der Waals surface area contributed by atoms with Crippen molar-refractivity contribution < 1.29 is 9.53 Å². The molecule has 1 atom stereocenters. The second-order valence-electron chi connectivity index (χ2n) is 11.8. The third-order valence-electron chi connectivity index (χ3n) is 9.15. The SMILES string of the molecule is CSc1cc(C)[nH]c(=O)c1CNC(=O)c1c(C)n([C@H](C)C2CCC(N3CC(OC4CC4)C3)CC2)c2ncncc12. The standard InChI is InChI=1S/C30H40N6O3S/c1-17-11-26(40-4)24(29(37)34-17)13-32-30(38)27-19(3)36(28-25(27)12-31-16-33-28)18(2)20-5-7-21(8-6-20)35-14-23(15-35)39-22-9-10-22/h11-12,16,18,20-23H,5-10,13-15H2,1-4H3,(H,32,38)(H,34,37)/t18-,20?,21?/m1/s1. The number of fused-ring (bicyclic) bond motifs is 1. The monoisotopic (exact) mass is 564 g/mol. The third-order valence-corrected chi connectivity index (χ3v) is 9.95. The molecule has 0 bridgehead atoms. The van der Waals surface area contributed by atoms with Gasteiger partial charge < -0.3 is 19.6 Å². The average Bonchev–Trinajstić information content (AvgIpc) is 3.70. The molecule has 1 saturated heterocycles. The third kappa shape index (κ3) is 5.33. The number of carbonyl (C=O) groups excluding carboxylic acids is 1. The fourth-order valence-corrected chi connectivity index (χ4v) is 7.44. The number of thioether (sulfide) groups is 1. The summed E-state index contributed by atoms with van der Waals surface area (Å²) in [5.74, 6) is 0.311. The zero-order valence-electron chi connectivity index (χ0n) is 23.9. The van der Waals surface area contributed by atoms with Crippen molar-refractivity contribution >= 4 is 28.7 Å². The topological polar surface area (TPSA) is 105 Å². The lowest BCUT2D eigenvalue weighted by Gasteiger charge is -2.47. The summed E-state index contributed by atoms with van der Waals surface area (Å²) in [6, 6.07) is 2.81. The first-order valence-corrected chi connectivity index (χ1v) is 15.8. The number of carbonyl (C=O) groups is 1. The van der Waals surface area contributed by atoms with Gasteiger partial charge in [-0.3, -0.25) is 14.5 Å². The van der Waals surface area contributed by atoms with Crippen LogP contribution >= 0.6 is 11.8 Å². The van der Waals surface area contributed by atoms with Crippen LogP contribution < -0.4 is 10.9 Å². The highest BCUT2D eigenvalue weighted by molar-refractivity contribution is 7.98. The van der Waals surface area contributed by atoms with E-state index in [1.54, 1.807) is 12.5 Å². The molecule has 0 radical (unpaired) electrons. The fraction of sp³-hybridized carbons (Fsp3) is 0.600. The molecule has 2 N–H and O–H groups in total. The van der Waals surface area contributed by atoms with E-state index in [9.17, 15) is 9.59 Å². The Labute approximate surface area is 239 Å². The van der Waals surface area contributed by atoms with Crippen LogP contribution in [0.4, 0.5) is 0 Å². The molecule has 6 rings (SSSR count). The predicted molar refractivity (Wildman–Crippen MR) is 157 cm³/mol. The van der Waals surface area contributed by atoms with Gasteiger partial charge in [-0.2, -0.15) is 0 Å². The summed E-state index contributed by atoms with van der Waals surface area (Å²) < 4.78 is 8.31. The number of amides is 1. The van der Waals surface area contributed by atoms with Crippen molar-refractivity contribution in [3.05, 3.63) is 51.5 Å². The fourth-order valence-electron chi connectivity index (χ4n) is 6.73. The Morgan fingerprint density at radius 1 is 1.18 bits per heavy atom. The zero-order valence-corrected chi connectivity index (χ0v) is 24.7. The van der Waals surface area contributed by atoms with Gasteiger partial charge in [-0.05, 0) is 77.5 Å². The van der Waals surface area contributed by atoms with E-state index >= 15 is 0 Å². The van der Waals surface area contributed by atoms with Crippen molar-refractivity contribution in [2.75, 3.05) is 19.3 Å². The molecule has 40 heavy (non-hydrogen) atoms. The lowest BCUT2D eigenvalue weighted by molar-refractivity contribution is -0.0864. The summed E-state index contributed by atoms with van der Waals surface area (Å²) in [5.41, 5.74) is 3.50. The molecule has 10 heteroatoms. The van der Waals surface area contributed by atoms with Crippen LogP contribution in [0.25, 0.3) is 11.0 Å². The van der Waals surface area contributed by atoms with Gasteiger partial charge in [0, 0.05) is 59.8 Å². The molecule has 0 spiro atoms. The van der Waals surface area contributed by atoms with Gasteiger partial charge in [0.25, 0.3) is 11.5 Å². The Hall–Kier alpha value is -2.69. The number of aryl methyl sites for hydroxylation is 1. The normalized spacial score (nSPS) is 22.8. The lowest BCUT2D eigenvalue weighted by atomic mass is 9.80. The number of hydrogen-bond donors (Lipinski definition) is 2. The summed E-state index contributed by atoms with van der Waals surface area (Å²) in [4.78, 5) is 41.4. The highest BCUT2D eigenvalue weighted by atomic mass is 32.2. The molecule has 3 aliphatic rings. The molecule has 1 aliphatic heterocycles. The van der Waals surface area contributed by atoms with Gasteiger partial charge in [-0.15, -0.1) is 11.8 Å². The first-order chi connectivity index (χ1) is 19.3. The molecule has 4 heterocycles. The average molecular weight is 565 g/mol. The van der Waals surface area contributed by atoms with Gasteiger partial charge in [0.05, 0.1) is 23.2 Å². The Kier molecular flexibility index (Phi) is 7.76. The van der Waals surface area contributed by atoms with E-state index in [0.29, 0.717) is 35.3 Å². The molecule has 3 aromatic rings. The number of aromatic nitrogens is 4. The van der Waals surface area contributed by atoms with Crippen LogP contribution in [0.2, 0.25) is 0 Å². The minimum atomic E-state index is -0.209. The van der Waals surface area contributed by atoms with E-state index in [2.05, 4.69) is 36.7 Å². The van der Waals surface area contributed by atoms with E-state index in [-0.39, 0.29) is 24.1 Å². The molecular formula is C30H40N6O3S. The number of ether oxygens (including phenoxy) is 1. The lowest BCUT2D eigenvalue weighted by Crippen LogP contribution is -2.57. The molecule has 2 aliphatic carbocycles. The van der Waals surface area contributed by atoms with Crippen LogP contribution in [0.3, 0.4) is 0 Å². The van der Waals surface area contributed by atoms with Crippen LogP contribution in [0.15, 0.2) is 28.3 Å². The minimum Gasteiger partial charge on any atom is -0.372 e. The molecule has 0 unspecified atom stereocenters. The number of aromatic amines is 1. The van der Waals surface area contributed by atoms with Crippen LogP contribution in [-0.2, 0) is 11.3 Å². The number of likely N-dealkylation sites (tertiary alicyclic amines) is 1. The molecule has 2 saturated carbocycles. The summed E-state index contributed by atoms with van der Waals surface area (Å²) in [7, 11) is 0. The Morgan fingerprint density at radius 2 is 1.93 bits per heavy atom. The number of pyridine rings is 1. The van der Waals surface area contributed by atoms with E-state index in [1.165, 1.54) is 37.4 Å². The highest BCUT2D eigenvalue weighted by Gasteiger charge is 2.39. The first kappa shape index (κ1) is 27.5. The van der Waals surface area contributed by atoms with Crippen molar-refractivity contribution in [1.29, 1.82) is 0 Å². The molecule has 3 fully saturated rings. The van der Waals surface area contributed by atoms with Gasteiger partial charge in [0.15, 0.2) is 0 Å². The highest BCUT2D eigenvalue weighted by Crippen LogP contribution is 2.39. The van der Waals surface area contributed by atoms with Crippen molar-refractivity contribution in [2.24, 2.45) is 5.92 Å². The molecule has 0 aromatic carbocycles. The van der Waals surface area contributed by atoms with Crippen LogP contribution in [0, 0.1) is 19.8 Å². The number of hydrogen-bond acceptors (Lipinski definition) is 7. The van der Waals surface area contributed by atoms with Crippen molar-refractivity contribution in [2.45, 2.75) is 95.0 Å². The summed E-state index contributed by atoms with van der Waals surface area (Å²) >= 11 is 1.51. The summed E-state index contributed by atoms with van der Waals surface area (Å²) in [6.45, 7) is 8.47. The first-order valence-electron chi connectivity index (χ1n) is 14.6. The number of H-pyrrole nitrogens is 1. The van der Waals surface area contributed by atoms with Crippen molar-refractivity contribution in [3.8, 4) is 0 Å². The molecular weight excluding hydrogens is 524 g/mol. The van der Waals surface area contributed by atoms with E-state index in [4.69, 9.17) is 4.74 Å². The van der Waals surface area contributed by atoms with Crippen LogP contribution in [0.1, 0.15) is 78.8 Å². The van der Waals surface area contributed by atoms with Gasteiger partial charge in [0.2, 0.25) is 0 Å². The molecule has 214 valence electrons. The quantitative estimate of drug-likeness (QED) is 0.372. The maximum atomic E-state index is 13.6. The Bertz CT molecular complexity index is 1450. The number of nitrogens with one attached hydrogen (secondary N) is 2. The van der Waals surface area contributed by atoms with Crippen LogP contribution in [0.5, 0.6) is 0 Å². The Morgan fingerprint density at radius 3 is 2.62 bits per heavy atom. The summed E-state index contributed by atoms with van der Waals surface area (Å²) in [6.07, 6.45) is 13.4. The number of nitrogens with zero attached hydrogens (tertiary/aromatic N) is 4. The second kappa shape index (κ2) is 11.3. The van der Waals surface area contributed by atoms with Gasteiger partial charge >= 0.3 is 0 Å². The van der Waals surface area contributed by atoms with E-state index in [0.717, 1.165) is 53.2 Å². The molecule has 3 aromatic heterocycles. The van der Waals surface area contributed by atoms with Gasteiger partial charge in [-0.1, -0.05) is 0 Å². The van der Waals surface area contributed by atoms with Crippen LogP contribution in [-0.4, -0.2) is 67.9 Å². The van der Waals surface area contributed by atoms with Crippen molar-refractivity contribution in [1.82, 2.24) is 29.7 Å². The van der Waals surface area contributed by atoms with E-state index in [1.807, 2.05) is 26.2 Å².